The van der Waals surface area contributed by atoms with Gasteiger partial charge in [0.15, 0.2) is 0 Å². The minimum absolute atomic E-state index is 0. The molecule has 0 saturated carbocycles. The molecule has 652 valence electrons. The van der Waals surface area contributed by atoms with Crippen LogP contribution < -0.4 is 9.80 Å². The second-order valence-corrected chi connectivity index (χ2v) is 39.6. The third-order valence-corrected chi connectivity index (χ3v) is 31.4. The number of hydrogen-bond acceptors (Lipinski definition) is 10. The van der Waals surface area contributed by atoms with E-state index in [9.17, 15) is 0 Å². The van der Waals surface area contributed by atoms with Crippen molar-refractivity contribution in [2.75, 3.05) is 9.80 Å². The molecule has 10 aromatic heterocycles. The monoisotopic (exact) mass is 2170 g/mol. The van der Waals surface area contributed by atoms with Gasteiger partial charge >= 0.3 is 42.1 Å². The molecule has 0 radical (unpaired) electrons. The van der Waals surface area contributed by atoms with E-state index in [2.05, 4.69) is 406 Å². The molecule has 26 rings (SSSR count). The molecule has 0 unspecified atom stereocenters. The van der Waals surface area contributed by atoms with Gasteiger partial charge in [0.1, 0.15) is 0 Å². The van der Waals surface area contributed by atoms with E-state index >= 15 is 0 Å². The normalized spacial score (nSPS) is 12.6. The number of rotatable bonds is 16. The number of para-hydroxylation sites is 2. The molecule has 0 saturated heterocycles. The molecule has 10 heterocycles. The third kappa shape index (κ3) is 15.1. The van der Waals surface area contributed by atoms with Crippen LogP contribution >= 0.6 is 45.3 Å². The van der Waals surface area contributed by atoms with Gasteiger partial charge in [-0.2, -0.15) is 0 Å². The van der Waals surface area contributed by atoms with E-state index in [0.29, 0.717) is 0 Å². The summed E-state index contributed by atoms with van der Waals surface area (Å²) in [5.74, 6) is 0. The van der Waals surface area contributed by atoms with Crippen molar-refractivity contribution in [3.05, 3.63) is 460 Å². The van der Waals surface area contributed by atoms with Gasteiger partial charge in [0.25, 0.3) is 0 Å². The molecule has 0 bridgehead atoms. The molecule has 0 atom stereocenters. The van der Waals surface area contributed by atoms with E-state index in [1.165, 1.54) is 154 Å². The molecule has 0 N–H and O–H groups in total. The van der Waals surface area contributed by atoms with E-state index in [-0.39, 0.29) is 53.0 Å². The third-order valence-electron chi connectivity index (χ3n) is 26.6. The maximum Gasteiger partial charge on any atom is 2.00 e. The predicted octanol–water partition coefficient (Wildman–Crippen LogP) is 33.8. The molecule has 136 heavy (non-hydrogen) atoms. The van der Waals surface area contributed by atoms with Gasteiger partial charge in [-0.3, -0.25) is 0 Å². The van der Waals surface area contributed by atoms with E-state index in [1.54, 1.807) is 0 Å². The molecular weight excluding hydrogens is 2100 g/mol. The summed E-state index contributed by atoms with van der Waals surface area (Å²) >= 11 is 7.44. The topological polar surface area (TPSA) is 67.9 Å². The Bertz CT molecular complexity index is 8470. The Morgan fingerprint density at radius 2 is 0.566 bits per heavy atom. The number of nitrogens with zero attached hydrogens (tertiary/aromatic N) is 8. The Kier molecular flexibility index (Phi) is 22.1. The van der Waals surface area contributed by atoms with Gasteiger partial charge in [-0.05, 0) is 258 Å². The van der Waals surface area contributed by atoms with Crippen molar-refractivity contribution in [1.29, 1.82) is 0 Å². The predicted molar refractivity (Wildman–Crippen MR) is 563 cm³/mol. The average molecular weight is 2180 g/mol. The first-order valence-corrected chi connectivity index (χ1v) is 48.4. The number of anilines is 6. The second kappa shape index (κ2) is 35.1. The maximum atomic E-state index is 4.64. The summed E-state index contributed by atoms with van der Waals surface area (Å²) in [6, 6.07) is 154. The summed E-state index contributed by atoms with van der Waals surface area (Å²) in [4.78, 5) is 28.0. The maximum absolute atomic E-state index is 4.64. The molecule has 2 aliphatic carbocycles. The average Bonchev–Trinajstić information content (AvgIpc) is 1.55. The number of pyridine rings is 4. The Morgan fingerprint density at radius 1 is 0.243 bits per heavy atom. The van der Waals surface area contributed by atoms with E-state index in [0.717, 1.165) is 84.7 Å². The van der Waals surface area contributed by atoms with Crippen LogP contribution in [0.1, 0.15) is 49.9 Å². The van der Waals surface area contributed by atoms with Crippen LogP contribution in [0.2, 0.25) is 0 Å². The largest absolute Gasteiger partial charge is 2.00 e. The fraction of sp³-hybridized carbons (Fsp3) is 0.0492. The summed E-state index contributed by atoms with van der Waals surface area (Å²) in [5, 5.41) is 5.11. The van der Waals surface area contributed by atoms with Crippen molar-refractivity contribution < 1.29 is 42.1 Å². The van der Waals surface area contributed by atoms with Crippen molar-refractivity contribution in [1.82, 2.24) is 29.1 Å². The molecule has 0 spiro atoms. The Morgan fingerprint density at radius 3 is 0.941 bits per heavy atom. The first-order chi connectivity index (χ1) is 65.9. The zero-order chi connectivity index (χ0) is 89.3. The van der Waals surface area contributed by atoms with Crippen molar-refractivity contribution in [2.45, 2.75) is 38.5 Å². The van der Waals surface area contributed by atoms with Gasteiger partial charge in [0.05, 0.1) is 22.1 Å². The fourth-order valence-corrected chi connectivity index (χ4v) is 24.9. The zero-order valence-electron chi connectivity index (χ0n) is 74.1. The number of thiophene rings is 4. The van der Waals surface area contributed by atoms with Gasteiger partial charge in [0, 0.05) is 118 Å². The molecule has 8 nitrogen and oxygen atoms in total. The summed E-state index contributed by atoms with van der Waals surface area (Å²) in [7, 11) is 0. The van der Waals surface area contributed by atoms with Crippen molar-refractivity contribution >= 4 is 142 Å². The van der Waals surface area contributed by atoms with Crippen LogP contribution in [0.3, 0.4) is 0 Å². The van der Waals surface area contributed by atoms with Gasteiger partial charge in [-0.15, -0.1) is 165 Å². The zero-order valence-corrected chi connectivity index (χ0v) is 81.9. The van der Waals surface area contributed by atoms with Gasteiger partial charge in [0.2, 0.25) is 0 Å². The number of hydrogen-bond donors (Lipinski definition) is 0. The van der Waals surface area contributed by atoms with E-state index in [4.69, 9.17) is 0 Å². The molecule has 0 aliphatic heterocycles. The fourth-order valence-electron chi connectivity index (χ4n) is 20.1. The van der Waals surface area contributed by atoms with Crippen molar-refractivity contribution in [3.8, 4) is 120 Å². The Hall–Kier alpha value is -14.4. The van der Waals surface area contributed by atoms with Crippen LogP contribution in [0.5, 0.6) is 0 Å². The number of aromatic nitrogens is 6. The molecule has 14 heteroatoms. The summed E-state index contributed by atoms with van der Waals surface area (Å²) < 4.78 is 10.1. The van der Waals surface area contributed by atoms with Crippen LogP contribution in [-0.4, -0.2) is 29.1 Å². The Labute approximate surface area is 833 Å². The van der Waals surface area contributed by atoms with Gasteiger partial charge < -0.3 is 38.9 Å². The molecule has 24 aromatic rings. The van der Waals surface area contributed by atoms with Crippen molar-refractivity contribution in [2.24, 2.45) is 0 Å². The minimum Gasteiger partial charge on any atom is -0.346 e. The smallest absolute Gasteiger partial charge is 0.346 e. The molecule has 0 fully saturated rings. The minimum atomic E-state index is -0.0818. The summed E-state index contributed by atoms with van der Waals surface area (Å²) in [6.45, 7) is 9.45. The van der Waals surface area contributed by atoms with Crippen LogP contribution in [0.4, 0.5) is 34.1 Å². The standard InChI is InChI=1S/2C61H40N4S2.2Pt/c1-61(2)51-24-7-6-23-47(51)48-35-50-49-34-42(27-28-55(49)65(56(50)36-52(48)61)43-18-4-3-5-19-43)58-38-60-59(67-58)37-57(66-60)41-17-14-22-46(33-41)64(44-20-12-15-39(31-44)53-25-8-10-29-62-53)45-21-13-16-40(32-45)54-26-9-11-30-63-54;1-61(2)51-21-7-6-20-47(51)48-35-50-49-34-42(26-29-55(49)65(56(50)36-52(48)61)43-16-4-3-5-17-43)58-38-60-59(67-58)37-57(66-60)39-24-27-44(28-25-39)64(45-18-12-14-40(32-45)53-22-8-10-30-62-53)46-19-13-15-41(33-46)54-23-9-11-31-63-54;;/h3-30,33-38H,1-2H3;3-31,34-38H,1-2H3;;/q2*-2;2*+2. The van der Waals surface area contributed by atoms with E-state index < -0.39 is 0 Å². The molecule has 2 aliphatic rings. The number of benzene rings is 14. The van der Waals surface area contributed by atoms with Gasteiger partial charge in [-0.1, -0.05) is 198 Å². The van der Waals surface area contributed by atoms with Crippen LogP contribution in [0.15, 0.2) is 413 Å². The van der Waals surface area contributed by atoms with Gasteiger partial charge in [-0.25, -0.2) is 0 Å². The quantitative estimate of drug-likeness (QED) is 0.0898. The SMILES string of the molecule is CC1(C)c2ccccc2-c2cc3c4cc(-c5cc6sc(-c7ccc(N(c8[c-]c(-c9ccccn9)ccc8)c8[c-]c(-c9ccccn9)ccc8)cc7)cc6s5)ccc4n(-c4ccccc4)c3cc21.CC1(C)c2ccccc2-c2cc3c4cc(-c5cc6sc(-c7cccc(N(c8[c-]c(-c9ccccn9)ccc8)c8[c-]c(-c9ccccn9)ccc8)c7)cc6s5)ccc4n(-c4ccccc4)c3cc21.[Pt+2].[Pt+2]. The molecular formula is C122H80N8Pt2S4. The summed E-state index contributed by atoms with van der Waals surface area (Å²) in [6.07, 6.45) is 7.29. The molecule has 0 amide bonds. The van der Waals surface area contributed by atoms with Crippen LogP contribution in [-0.2, 0) is 53.0 Å². The first kappa shape index (κ1) is 85.7. The van der Waals surface area contributed by atoms with E-state index in [1.807, 2.05) is 143 Å². The molecule has 14 aromatic carbocycles. The Balaban J connectivity index is 0.000000151. The van der Waals surface area contributed by atoms with Crippen LogP contribution in [0, 0.1) is 24.3 Å². The second-order valence-electron chi connectivity index (χ2n) is 35.3. The van der Waals surface area contributed by atoms with Crippen LogP contribution in [0.25, 0.3) is 183 Å². The number of fused-ring (bicyclic) bond motifs is 14. The summed E-state index contributed by atoms with van der Waals surface area (Å²) in [5.41, 5.74) is 35.7. The first-order valence-electron chi connectivity index (χ1n) is 45.1. The van der Waals surface area contributed by atoms with Crippen molar-refractivity contribution in [3.63, 3.8) is 0 Å².